The Labute approximate surface area is 139 Å². The number of benzene rings is 4. The second-order valence-corrected chi connectivity index (χ2v) is 6.60. The Morgan fingerprint density at radius 1 is 0.583 bits per heavy atom. The van der Waals surface area contributed by atoms with E-state index >= 15 is 0 Å². The van der Waals surface area contributed by atoms with Crippen molar-refractivity contribution in [1.29, 1.82) is 0 Å². The normalized spacial score (nSPS) is 13.0. The Hall–Kier alpha value is -3.00. The van der Waals surface area contributed by atoms with E-state index in [0.29, 0.717) is 0 Å². The van der Waals surface area contributed by atoms with Gasteiger partial charge >= 0.3 is 0 Å². The van der Waals surface area contributed by atoms with Gasteiger partial charge in [0, 0.05) is 5.39 Å². The van der Waals surface area contributed by atoms with E-state index in [-0.39, 0.29) is 11.5 Å². The van der Waals surface area contributed by atoms with Crippen LogP contribution < -0.4 is 0 Å². The molecule has 5 rings (SSSR count). The molecule has 0 atom stereocenters. The predicted octanol–water partition coefficient (Wildman–Crippen LogP) is 4.90. The maximum atomic E-state index is 10.1. The molecule has 0 radical (unpaired) electrons. The standard InChI is InChI=1S/C22H16O2/c23-21-6-5-15-9-18-10-16-7-13-3-1-2-4-14(13)8-17(16)11-19(18)12-20(15)22(21)24/h1-9,12,23-24H,10-11H2. The van der Waals surface area contributed by atoms with Crippen molar-refractivity contribution in [2.75, 3.05) is 0 Å². The van der Waals surface area contributed by atoms with Gasteiger partial charge in [0.25, 0.3) is 0 Å². The molecule has 0 amide bonds. The molecule has 116 valence electrons. The molecule has 4 aromatic rings. The topological polar surface area (TPSA) is 40.5 Å². The first kappa shape index (κ1) is 13.4. The molecule has 0 saturated carbocycles. The second-order valence-electron chi connectivity index (χ2n) is 6.60. The molecule has 0 spiro atoms. The van der Waals surface area contributed by atoms with Gasteiger partial charge in [-0.25, -0.2) is 0 Å². The van der Waals surface area contributed by atoms with Crippen LogP contribution >= 0.6 is 0 Å². The second kappa shape index (κ2) is 4.75. The van der Waals surface area contributed by atoms with Crippen molar-refractivity contribution >= 4 is 21.5 Å². The Bertz CT molecular complexity index is 1130. The minimum absolute atomic E-state index is 0.0281. The van der Waals surface area contributed by atoms with Crippen LogP contribution in [0.2, 0.25) is 0 Å². The van der Waals surface area contributed by atoms with Gasteiger partial charge in [-0.3, -0.25) is 0 Å². The molecule has 0 saturated heterocycles. The van der Waals surface area contributed by atoms with Crippen LogP contribution in [0.3, 0.4) is 0 Å². The minimum atomic E-state index is -0.0651. The van der Waals surface area contributed by atoms with E-state index in [1.54, 1.807) is 6.07 Å². The van der Waals surface area contributed by atoms with E-state index in [9.17, 15) is 10.2 Å². The van der Waals surface area contributed by atoms with E-state index in [0.717, 1.165) is 23.6 Å². The maximum Gasteiger partial charge on any atom is 0.165 e. The van der Waals surface area contributed by atoms with Crippen LogP contribution in [0.1, 0.15) is 22.3 Å². The largest absolute Gasteiger partial charge is 0.504 e. The van der Waals surface area contributed by atoms with Crippen molar-refractivity contribution in [3.05, 3.63) is 82.9 Å². The summed E-state index contributed by atoms with van der Waals surface area (Å²) in [5, 5.41) is 24.1. The van der Waals surface area contributed by atoms with Crippen molar-refractivity contribution < 1.29 is 10.2 Å². The first-order chi connectivity index (χ1) is 11.7. The zero-order valence-electron chi connectivity index (χ0n) is 13.1. The zero-order valence-corrected chi connectivity index (χ0v) is 13.1. The first-order valence-corrected chi connectivity index (χ1v) is 8.16. The van der Waals surface area contributed by atoms with Gasteiger partial charge in [-0.15, -0.1) is 0 Å². The lowest BCUT2D eigenvalue weighted by Crippen LogP contribution is -2.07. The summed E-state index contributed by atoms with van der Waals surface area (Å²) in [6, 6.07) is 20.6. The summed E-state index contributed by atoms with van der Waals surface area (Å²) in [7, 11) is 0. The smallest absolute Gasteiger partial charge is 0.165 e. The average Bonchev–Trinajstić information content (AvgIpc) is 2.60. The molecule has 0 aromatic heterocycles. The van der Waals surface area contributed by atoms with E-state index in [1.165, 1.54) is 33.0 Å². The summed E-state index contributed by atoms with van der Waals surface area (Å²) < 4.78 is 0. The van der Waals surface area contributed by atoms with Crippen LogP contribution in [0.25, 0.3) is 21.5 Å². The lowest BCUT2D eigenvalue weighted by atomic mass is 9.83. The Morgan fingerprint density at radius 2 is 1.12 bits per heavy atom. The number of aromatic hydroxyl groups is 2. The SMILES string of the molecule is Oc1ccc2cc3c(cc2c1O)Cc1cc2ccccc2cc1C3. The summed E-state index contributed by atoms with van der Waals surface area (Å²) in [4.78, 5) is 0. The fourth-order valence-corrected chi connectivity index (χ4v) is 3.84. The molecular formula is C22H16O2. The van der Waals surface area contributed by atoms with Crippen molar-refractivity contribution in [1.82, 2.24) is 0 Å². The molecular weight excluding hydrogens is 296 g/mol. The van der Waals surface area contributed by atoms with Crippen LogP contribution in [0, 0.1) is 0 Å². The Kier molecular flexibility index (Phi) is 2.66. The fraction of sp³-hybridized carbons (Fsp3) is 0.0909. The Morgan fingerprint density at radius 3 is 1.75 bits per heavy atom. The minimum Gasteiger partial charge on any atom is -0.504 e. The molecule has 0 aliphatic heterocycles. The van der Waals surface area contributed by atoms with E-state index in [4.69, 9.17) is 0 Å². The molecule has 0 fully saturated rings. The van der Waals surface area contributed by atoms with E-state index in [1.807, 2.05) is 12.1 Å². The summed E-state index contributed by atoms with van der Waals surface area (Å²) in [6.45, 7) is 0. The third kappa shape index (κ3) is 1.89. The van der Waals surface area contributed by atoms with Gasteiger partial charge in [0.05, 0.1) is 0 Å². The van der Waals surface area contributed by atoms with Crippen LogP contribution in [-0.4, -0.2) is 10.2 Å². The highest BCUT2D eigenvalue weighted by atomic mass is 16.3. The van der Waals surface area contributed by atoms with Crippen molar-refractivity contribution in [2.45, 2.75) is 12.8 Å². The number of hydrogen-bond donors (Lipinski definition) is 2. The van der Waals surface area contributed by atoms with Gasteiger partial charge in [0.1, 0.15) is 0 Å². The molecule has 2 heteroatoms. The molecule has 2 nitrogen and oxygen atoms in total. The summed E-state index contributed by atoms with van der Waals surface area (Å²) >= 11 is 0. The molecule has 0 heterocycles. The number of fused-ring (bicyclic) bond motifs is 4. The molecule has 0 unspecified atom stereocenters. The molecule has 24 heavy (non-hydrogen) atoms. The van der Waals surface area contributed by atoms with E-state index < -0.39 is 0 Å². The van der Waals surface area contributed by atoms with Gasteiger partial charge < -0.3 is 10.2 Å². The van der Waals surface area contributed by atoms with Gasteiger partial charge in [-0.05, 0) is 63.4 Å². The zero-order chi connectivity index (χ0) is 16.3. The third-order valence-electron chi connectivity index (χ3n) is 5.12. The highest BCUT2D eigenvalue weighted by Crippen LogP contribution is 2.38. The molecule has 2 N–H and O–H groups in total. The molecule has 1 aliphatic rings. The monoisotopic (exact) mass is 312 g/mol. The molecule has 4 aromatic carbocycles. The fourth-order valence-electron chi connectivity index (χ4n) is 3.84. The van der Waals surface area contributed by atoms with Crippen molar-refractivity contribution in [3.63, 3.8) is 0 Å². The number of hydrogen-bond acceptors (Lipinski definition) is 2. The molecule has 1 aliphatic carbocycles. The lowest BCUT2D eigenvalue weighted by Gasteiger charge is -2.21. The van der Waals surface area contributed by atoms with Gasteiger partial charge in [0.15, 0.2) is 11.5 Å². The lowest BCUT2D eigenvalue weighted by molar-refractivity contribution is 0.408. The summed E-state index contributed by atoms with van der Waals surface area (Å²) in [5.41, 5.74) is 5.25. The highest BCUT2D eigenvalue weighted by molar-refractivity contribution is 5.92. The quantitative estimate of drug-likeness (QED) is 0.399. The Balaban J connectivity index is 1.71. The van der Waals surface area contributed by atoms with Crippen LogP contribution in [0.5, 0.6) is 11.5 Å². The van der Waals surface area contributed by atoms with Crippen LogP contribution in [0.15, 0.2) is 60.7 Å². The van der Waals surface area contributed by atoms with Crippen molar-refractivity contribution in [2.24, 2.45) is 0 Å². The van der Waals surface area contributed by atoms with Crippen LogP contribution in [-0.2, 0) is 12.8 Å². The van der Waals surface area contributed by atoms with Gasteiger partial charge in [0.2, 0.25) is 0 Å². The van der Waals surface area contributed by atoms with E-state index in [2.05, 4.69) is 42.5 Å². The summed E-state index contributed by atoms with van der Waals surface area (Å²) in [6.07, 6.45) is 1.77. The predicted molar refractivity (Wildman–Crippen MR) is 96.8 cm³/mol. The van der Waals surface area contributed by atoms with Gasteiger partial charge in [-0.2, -0.15) is 0 Å². The van der Waals surface area contributed by atoms with Crippen LogP contribution in [0.4, 0.5) is 0 Å². The maximum absolute atomic E-state index is 10.1. The number of phenolic OH excluding ortho intramolecular Hbond substituents is 2. The van der Waals surface area contributed by atoms with Gasteiger partial charge in [-0.1, -0.05) is 48.5 Å². The van der Waals surface area contributed by atoms with Crippen molar-refractivity contribution in [3.8, 4) is 11.5 Å². The first-order valence-electron chi connectivity index (χ1n) is 8.16. The highest BCUT2D eigenvalue weighted by Gasteiger charge is 2.18. The average molecular weight is 312 g/mol. The number of rotatable bonds is 0. The molecule has 0 bridgehead atoms. The summed E-state index contributed by atoms with van der Waals surface area (Å²) in [5.74, 6) is -0.0933. The third-order valence-corrected chi connectivity index (χ3v) is 5.12. The number of phenols is 2.